The Balaban J connectivity index is 1.79. The van der Waals surface area contributed by atoms with Crippen LogP contribution in [0.15, 0.2) is 48.5 Å². The Labute approximate surface area is 163 Å². The normalized spacial score (nSPS) is 19.4. The van der Waals surface area contributed by atoms with Gasteiger partial charge in [-0.05, 0) is 35.4 Å². The molecule has 1 fully saturated rings. The number of rotatable bonds is 6. The Morgan fingerprint density at radius 2 is 1.89 bits per heavy atom. The van der Waals surface area contributed by atoms with E-state index >= 15 is 0 Å². The summed E-state index contributed by atoms with van der Waals surface area (Å²) < 4.78 is 10.9. The van der Waals surface area contributed by atoms with Crippen molar-refractivity contribution in [1.82, 2.24) is 4.90 Å². The maximum atomic E-state index is 12.5. The average Bonchev–Trinajstić information content (AvgIpc) is 2.70. The summed E-state index contributed by atoms with van der Waals surface area (Å²) in [5, 5.41) is 12.7. The predicted octanol–water partition coefficient (Wildman–Crippen LogP) is 2.11. The van der Waals surface area contributed by atoms with Gasteiger partial charge < -0.3 is 24.8 Å². The third-order valence-corrected chi connectivity index (χ3v) is 4.72. The number of carbonyl (C=O) groups is 2. The summed E-state index contributed by atoms with van der Waals surface area (Å²) in [4.78, 5) is 25.3. The summed E-state index contributed by atoms with van der Waals surface area (Å²) in [7, 11) is 1.60. The largest absolute Gasteiger partial charge is 0.497 e. The minimum absolute atomic E-state index is 0.0508. The molecule has 2 aromatic carbocycles. The Hall–Kier alpha value is -2.90. The number of aliphatic hydroxyl groups excluding tert-OH is 1. The van der Waals surface area contributed by atoms with E-state index in [4.69, 9.17) is 9.47 Å². The number of hydrogen-bond donors (Lipinski definition) is 2. The molecule has 0 saturated carbocycles. The van der Waals surface area contributed by atoms with Gasteiger partial charge in [-0.2, -0.15) is 0 Å². The first-order valence-corrected chi connectivity index (χ1v) is 9.04. The highest BCUT2D eigenvalue weighted by atomic mass is 16.5. The van der Waals surface area contributed by atoms with Crippen molar-refractivity contribution in [2.24, 2.45) is 0 Å². The average molecular weight is 384 g/mol. The van der Waals surface area contributed by atoms with Gasteiger partial charge in [-0.15, -0.1) is 0 Å². The van der Waals surface area contributed by atoms with Gasteiger partial charge in [0.15, 0.2) is 0 Å². The van der Waals surface area contributed by atoms with Crippen LogP contribution in [0.25, 0.3) is 0 Å². The van der Waals surface area contributed by atoms with E-state index in [2.05, 4.69) is 5.32 Å². The SMILES string of the molecule is COc1ccc(CN2C(=O)CO[C@H](c3ccc(NC(C)=O)cc3)[C@H]2CO)cc1. The smallest absolute Gasteiger partial charge is 0.249 e. The number of hydrogen-bond acceptors (Lipinski definition) is 5. The molecule has 0 unspecified atom stereocenters. The Morgan fingerprint density at radius 1 is 1.21 bits per heavy atom. The van der Waals surface area contributed by atoms with Gasteiger partial charge in [0, 0.05) is 19.2 Å². The van der Waals surface area contributed by atoms with E-state index in [-0.39, 0.29) is 25.0 Å². The highest BCUT2D eigenvalue weighted by Gasteiger charge is 2.37. The number of benzene rings is 2. The van der Waals surface area contributed by atoms with Crippen LogP contribution in [0.3, 0.4) is 0 Å². The number of carbonyl (C=O) groups excluding carboxylic acids is 2. The lowest BCUT2D eigenvalue weighted by molar-refractivity contribution is -0.162. The standard InChI is InChI=1S/C21H24N2O5/c1-14(25)22-17-7-5-16(6-8-17)21-19(12-24)23(20(26)13-28-21)11-15-3-9-18(27-2)10-4-15/h3-10,19,21,24H,11-13H2,1-2H3,(H,22,25)/t19-,21-/m1/s1. The monoisotopic (exact) mass is 384 g/mol. The van der Waals surface area contributed by atoms with E-state index in [1.165, 1.54) is 6.92 Å². The van der Waals surface area contributed by atoms with Gasteiger partial charge in [0.2, 0.25) is 11.8 Å². The van der Waals surface area contributed by atoms with Gasteiger partial charge in [0.1, 0.15) is 18.5 Å². The molecule has 0 bridgehead atoms. The van der Waals surface area contributed by atoms with E-state index in [1.807, 2.05) is 36.4 Å². The summed E-state index contributed by atoms with van der Waals surface area (Å²) in [6.45, 7) is 1.55. The topological polar surface area (TPSA) is 88.1 Å². The third-order valence-electron chi connectivity index (χ3n) is 4.72. The maximum Gasteiger partial charge on any atom is 0.249 e. The zero-order chi connectivity index (χ0) is 20.1. The molecule has 0 aliphatic carbocycles. The predicted molar refractivity (Wildman–Crippen MR) is 104 cm³/mol. The molecule has 7 heteroatoms. The molecular formula is C21H24N2O5. The van der Waals surface area contributed by atoms with Crippen LogP contribution in [0.4, 0.5) is 5.69 Å². The minimum atomic E-state index is -0.505. The molecule has 7 nitrogen and oxygen atoms in total. The number of anilines is 1. The fourth-order valence-corrected chi connectivity index (χ4v) is 3.31. The minimum Gasteiger partial charge on any atom is -0.497 e. The number of aliphatic hydroxyl groups is 1. The van der Waals surface area contributed by atoms with Crippen molar-refractivity contribution in [1.29, 1.82) is 0 Å². The first kappa shape index (κ1) is 19.9. The number of methoxy groups -OCH3 is 1. The molecule has 0 aromatic heterocycles. The second-order valence-electron chi connectivity index (χ2n) is 6.65. The molecule has 1 heterocycles. The Kier molecular flexibility index (Phi) is 6.28. The summed E-state index contributed by atoms with van der Waals surface area (Å²) in [5.41, 5.74) is 2.45. The van der Waals surface area contributed by atoms with Crippen LogP contribution in [-0.2, 0) is 20.9 Å². The van der Waals surface area contributed by atoms with Crippen molar-refractivity contribution in [3.63, 3.8) is 0 Å². The molecule has 0 radical (unpaired) electrons. The molecular weight excluding hydrogens is 360 g/mol. The third kappa shape index (κ3) is 4.49. The number of ether oxygens (including phenoxy) is 2. The van der Waals surface area contributed by atoms with E-state index in [0.717, 1.165) is 16.9 Å². The summed E-state index contributed by atoms with van der Waals surface area (Å²) in [5.74, 6) is 0.431. The van der Waals surface area contributed by atoms with Crippen LogP contribution < -0.4 is 10.1 Å². The number of morpholine rings is 1. The zero-order valence-electron chi connectivity index (χ0n) is 15.9. The first-order valence-electron chi connectivity index (χ1n) is 9.04. The van der Waals surface area contributed by atoms with Crippen LogP contribution in [-0.4, -0.2) is 48.2 Å². The van der Waals surface area contributed by atoms with Crippen LogP contribution >= 0.6 is 0 Å². The second-order valence-corrected chi connectivity index (χ2v) is 6.65. The maximum absolute atomic E-state index is 12.5. The molecule has 2 aromatic rings. The van der Waals surface area contributed by atoms with Gasteiger partial charge in [0.05, 0.1) is 19.8 Å². The fourth-order valence-electron chi connectivity index (χ4n) is 3.31. The van der Waals surface area contributed by atoms with Gasteiger partial charge in [0.25, 0.3) is 0 Å². The number of nitrogens with one attached hydrogen (secondary N) is 1. The lowest BCUT2D eigenvalue weighted by Gasteiger charge is -2.40. The van der Waals surface area contributed by atoms with Crippen molar-refractivity contribution in [3.8, 4) is 5.75 Å². The van der Waals surface area contributed by atoms with E-state index in [0.29, 0.717) is 12.2 Å². The summed E-state index contributed by atoms with van der Waals surface area (Å²) in [6, 6.07) is 14.2. The molecule has 0 spiro atoms. The van der Waals surface area contributed by atoms with E-state index in [1.54, 1.807) is 24.1 Å². The van der Waals surface area contributed by atoms with Crippen molar-refractivity contribution < 1.29 is 24.2 Å². The lowest BCUT2D eigenvalue weighted by atomic mass is 9.98. The van der Waals surface area contributed by atoms with Gasteiger partial charge in [-0.3, -0.25) is 9.59 Å². The molecule has 3 rings (SSSR count). The van der Waals surface area contributed by atoms with Crippen LogP contribution in [0, 0.1) is 0 Å². The zero-order valence-corrected chi connectivity index (χ0v) is 15.9. The molecule has 2 amide bonds. The van der Waals surface area contributed by atoms with Gasteiger partial charge in [-0.25, -0.2) is 0 Å². The molecule has 1 aliphatic rings. The molecule has 2 N–H and O–H groups in total. The van der Waals surface area contributed by atoms with Crippen LogP contribution in [0.1, 0.15) is 24.2 Å². The molecule has 148 valence electrons. The quantitative estimate of drug-likeness (QED) is 0.797. The van der Waals surface area contributed by atoms with Crippen molar-refractivity contribution in [3.05, 3.63) is 59.7 Å². The fraction of sp³-hybridized carbons (Fsp3) is 0.333. The molecule has 28 heavy (non-hydrogen) atoms. The van der Waals surface area contributed by atoms with Gasteiger partial charge in [-0.1, -0.05) is 24.3 Å². The summed E-state index contributed by atoms with van der Waals surface area (Å²) in [6.07, 6.45) is -0.452. The first-order chi connectivity index (χ1) is 13.5. The lowest BCUT2D eigenvalue weighted by Crippen LogP contribution is -2.52. The Morgan fingerprint density at radius 3 is 2.46 bits per heavy atom. The summed E-state index contributed by atoms with van der Waals surface area (Å²) >= 11 is 0. The molecule has 1 saturated heterocycles. The number of amides is 2. The van der Waals surface area contributed by atoms with E-state index < -0.39 is 12.1 Å². The van der Waals surface area contributed by atoms with Crippen molar-refractivity contribution in [2.75, 3.05) is 25.6 Å². The van der Waals surface area contributed by atoms with Crippen LogP contribution in [0.2, 0.25) is 0 Å². The molecule has 1 aliphatic heterocycles. The number of nitrogens with zero attached hydrogens (tertiary/aromatic N) is 1. The highest BCUT2D eigenvalue weighted by Crippen LogP contribution is 2.31. The molecule has 2 atom stereocenters. The second kappa shape index (κ2) is 8.86. The van der Waals surface area contributed by atoms with E-state index in [9.17, 15) is 14.7 Å². The Bertz CT molecular complexity index is 820. The van der Waals surface area contributed by atoms with Gasteiger partial charge >= 0.3 is 0 Å². The highest BCUT2D eigenvalue weighted by molar-refractivity contribution is 5.88. The van der Waals surface area contributed by atoms with Crippen molar-refractivity contribution >= 4 is 17.5 Å². The van der Waals surface area contributed by atoms with Crippen molar-refractivity contribution in [2.45, 2.75) is 25.6 Å². The van der Waals surface area contributed by atoms with Crippen LogP contribution in [0.5, 0.6) is 5.75 Å².